The fourth-order valence-corrected chi connectivity index (χ4v) is 6.65. The number of allylic oxidation sites excluding steroid dienone is 2. The van der Waals surface area contributed by atoms with Crippen LogP contribution in [0.3, 0.4) is 0 Å². The van der Waals surface area contributed by atoms with E-state index < -0.39 is 49.4 Å². The molecule has 1 rings (SSSR count). The van der Waals surface area contributed by atoms with Gasteiger partial charge in [0.25, 0.3) is 0 Å². The van der Waals surface area contributed by atoms with E-state index in [4.69, 9.17) is 18.9 Å². The summed E-state index contributed by atoms with van der Waals surface area (Å²) in [5.41, 5.74) is 0. The zero-order chi connectivity index (χ0) is 38.8. The van der Waals surface area contributed by atoms with Gasteiger partial charge in [0.05, 0.1) is 13.2 Å². The summed E-state index contributed by atoms with van der Waals surface area (Å²) in [5.74, 6) is -0.817. The van der Waals surface area contributed by atoms with Crippen LogP contribution in [0.2, 0.25) is 0 Å². The maximum atomic E-state index is 12.7. The highest BCUT2D eigenvalue weighted by Gasteiger charge is 2.44. The molecule has 0 amide bonds. The first-order chi connectivity index (χ1) is 25.8. The van der Waals surface area contributed by atoms with Gasteiger partial charge in [0.2, 0.25) is 0 Å². The minimum atomic E-state index is -1.59. The van der Waals surface area contributed by atoms with Crippen LogP contribution in [0.5, 0.6) is 0 Å². The number of unbranched alkanes of at least 4 members (excludes halogenated alkanes) is 23. The molecule has 0 aromatic carbocycles. The van der Waals surface area contributed by atoms with Gasteiger partial charge in [-0.25, -0.2) is 0 Å². The molecule has 0 bridgehead atoms. The van der Waals surface area contributed by atoms with Crippen LogP contribution in [0.15, 0.2) is 12.2 Å². The van der Waals surface area contributed by atoms with Crippen LogP contribution in [-0.4, -0.2) is 89.0 Å². The first kappa shape index (κ1) is 49.5. The second-order valence-corrected chi connectivity index (χ2v) is 15.2. The monoisotopic (exact) mass is 757 g/mol. The van der Waals surface area contributed by atoms with Crippen molar-refractivity contribution in [1.29, 1.82) is 0 Å². The number of hydrogen-bond donors (Lipinski definition) is 4. The average Bonchev–Trinajstić information content (AvgIpc) is 3.15. The summed E-state index contributed by atoms with van der Waals surface area (Å²) >= 11 is 0. The first-order valence-corrected chi connectivity index (χ1v) is 21.8. The van der Waals surface area contributed by atoms with Crippen molar-refractivity contribution in [2.24, 2.45) is 0 Å². The lowest BCUT2D eigenvalue weighted by Crippen LogP contribution is -2.59. The van der Waals surface area contributed by atoms with E-state index in [0.29, 0.717) is 6.42 Å². The third kappa shape index (κ3) is 26.8. The molecule has 0 aliphatic carbocycles. The zero-order valence-corrected chi connectivity index (χ0v) is 33.8. The molecule has 2 unspecified atom stereocenters. The normalized spacial score (nSPS) is 20.9. The standard InChI is InChI=1S/C43H80O10/c1-3-5-7-9-11-13-15-17-18-20-22-24-26-28-30-32-39(46)52-36(35-51-43-42(49)41(48)40(47)37(33-44)53-43)34-50-38(45)31-29-27-25-23-21-19-16-14-12-10-8-6-4-2/h20,22,36-37,40-44,47-49H,3-19,21,23-35H2,1-2H3/b22-20+/t36-,37-,40+,41?,42?,43-/m1/s1. The SMILES string of the molecule is CCCCCCCCCC/C=C/CCCCCC(=O)O[C@H](COC(=O)CCCCCCCCCCCCCCC)CO[C@@H]1O[C@H](CO)[C@H](O)C(O)C1O. The molecular formula is C43H80O10. The highest BCUT2D eigenvalue weighted by atomic mass is 16.7. The molecule has 6 atom stereocenters. The Hall–Kier alpha value is -1.56. The Morgan fingerprint density at radius 1 is 0.566 bits per heavy atom. The molecule has 0 radical (unpaired) electrons. The molecular weight excluding hydrogens is 676 g/mol. The van der Waals surface area contributed by atoms with E-state index in [1.54, 1.807) is 0 Å². The highest BCUT2D eigenvalue weighted by molar-refractivity contribution is 5.70. The fraction of sp³-hybridized carbons (Fsp3) is 0.907. The van der Waals surface area contributed by atoms with E-state index in [2.05, 4.69) is 26.0 Å². The number of aliphatic hydroxyl groups excluding tert-OH is 4. The number of esters is 2. The van der Waals surface area contributed by atoms with Gasteiger partial charge in [-0.1, -0.05) is 154 Å². The molecule has 0 spiro atoms. The summed E-state index contributed by atoms with van der Waals surface area (Å²) in [4.78, 5) is 25.3. The molecule has 10 heteroatoms. The van der Waals surface area contributed by atoms with Crippen LogP contribution < -0.4 is 0 Å². The molecule has 4 N–H and O–H groups in total. The highest BCUT2D eigenvalue weighted by Crippen LogP contribution is 2.22. The largest absolute Gasteiger partial charge is 0.462 e. The van der Waals surface area contributed by atoms with Crippen LogP contribution >= 0.6 is 0 Å². The van der Waals surface area contributed by atoms with E-state index in [0.717, 1.165) is 44.9 Å². The van der Waals surface area contributed by atoms with Gasteiger partial charge in [-0.2, -0.15) is 0 Å². The van der Waals surface area contributed by atoms with Gasteiger partial charge in [0.15, 0.2) is 12.4 Å². The van der Waals surface area contributed by atoms with Gasteiger partial charge in [0, 0.05) is 12.8 Å². The predicted octanol–water partition coefficient (Wildman–Crippen LogP) is 8.78. The van der Waals surface area contributed by atoms with Crippen LogP contribution in [0.4, 0.5) is 0 Å². The van der Waals surface area contributed by atoms with E-state index in [-0.39, 0.29) is 32.0 Å². The summed E-state index contributed by atoms with van der Waals surface area (Å²) in [6, 6.07) is 0. The van der Waals surface area contributed by atoms with Crippen molar-refractivity contribution in [1.82, 2.24) is 0 Å². The summed E-state index contributed by atoms with van der Waals surface area (Å²) in [6.07, 6.45) is 27.9. The van der Waals surface area contributed by atoms with Crippen LogP contribution in [0.25, 0.3) is 0 Å². The third-order valence-electron chi connectivity index (χ3n) is 10.2. The molecule has 0 aromatic rings. The summed E-state index contributed by atoms with van der Waals surface area (Å²) in [5, 5.41) is 40.0. The minimum absolute atomic E-state index is 0.214. The summed E-state index contributed by atoms with van der Waals surface area (Å²) < 4.78 is 22.1. The fourth-order valence-electron chi connectivity index (χ4n) is 6.65. The maximum Gasteiger partial charge on any atom is 0.306 e. The van der Waals surface area contributed by atoms with Crippen molar-refractivity contribution < 1.29 is 49.0 Å². The Balaban J connectivity index is 2.35. The molecule has 1 saturated heterocycles. The van der Waals surface area contributed by atoms with Gasteiger partial charge >= 0.3 is 11.9 Å². The van der Waals surface area contributed by atoms with Gasteiger partial charge in [-0.3, -0.25) is 9.59 Å². The Labute approximate surface area is 322 Å². The molecule has 53 heavy (non-hydrogen) atoms. The Morgan fingerprint density at radius 2 is 1.00 bits per heavy atom. The van der Waals surface area contributed by atoms with Crippen LogP contribution in [0, 0.1) is 0 Å². The second-order valence-electron chi connectivity index (χ2n) is 15.2. The second kappa shape index (κ2) is 34.9. The number of ether oxygens (including phenoxy) is 4. The molecule has 10 nitrogen and oxygen atoms in total. The first-order valence-electron chi connectivity index (χ1n) is 21.8. The van der Waals surface area contributed by atoms with E-state index in [1.807, 2.05) is 0 Å². The predicted molar refractivity (Wildman–Crippen MR) is 210 cm³/mol. The average molecular weight is 757 g/mol. The number of carbonyl (C=O) groups is 2. The third-order valence-corrected chi connectivity index (χ3v) is 10.2. The zero-order valence-electron chi connectivity index (χ0n) is 33.8. The smallest absolute Gasteiger partial charge is 0.306 e. The van der Waals surface area contributed by atoms with Gasteiger partial charge < -0.3 is 39.4 Å². The van der Waals surface area contributed by atoms with Crippen LogP contribution in [0.1, 0.15) is 194 Å². The van der Waals surface area contributed by atoms with Crippen molar-refractivity contribution in [2.45, 2.75) is 230 Å². The van der Waals surface area contributed by atoms with Gasteiger partial charge in [-0.05, 0) is 38.5 Å². The van der Waals surface area contributed by atoms with Crippen molar-refractivity contribution >= 4 is 11.9 Å². The topological polar surface area (TPSA) is 152 Å². The molecule has 1 fully saturated rings. The van der Waals surface area contributed by atoms with E-state index in [9.17, 15) is 30.0 Å². The molecule has 312 valence electrons. The molecule has 1 aliphatic heterocycles. The summed E-state index contributed by atoms with van der Waals surface area (Å²) in [7, 11) is 0. The minimum Gasteiger partial charge on any atom is -0.462 e. The summed E-state index contributed by atoms with van der Waals surface area (Å²) in [6.45, 7) is 3.41. The Bertz CT molecular complexity index is 881. The van der Waals surface area contributed by atoms with Gasteiger partial charge in [-0.15, -0.1) is 0 Å². The number of carbonyl (C=O) groups excluding carboxylic acids is 2. The number of rotatable bonds is 36. The lowest BCUT2D eigenvalue weighted by atomic mass is 9.99. The molecule has 1 aliphatic rings. The van der Waals surface area contributed by atoms with E-state index in [1.165, 1.54) is 116 Å². The number of hydrogen-bond acceptors (Lipinski definition) is 10. The molecule has 0 saturated carbocycles. The van der Waals surface area contributed by atoms with Crippen molar-refractivity contribution in [3.63, 3.8) is 0 Å². The lowest BCUT2D eigenvalue weighted by molar-refractivity contribution is -0.305. The van der Waals surface area contributed by atoms with Gasteiger partial charge in [0.1, 0.15) is 31.0 Å². The Kier molecular flexibility index (Phi) is 32.6. The van der Waals surface area contributed by atoms with E-state index >= 15 is 0 Å². The quantitative estimate of drug-likeness (QED) is 0.0277. The lowest BCUT2D eigenvalue weighted by Gasteiger charge is -2.39. The molecule has 0 aromatic heterocycles. The molecule has 1 heterocycles. The number of aliphatic hydroxyl groups is 4. The maximum absolute atomic E-state index is 12.7. The van der Waals surface area contributed by atoms with Crippen molar-refractivity contribution in [3.05, 3.63) is 12.2 Å². The Morgan fingerprint density at radius 3 is 1.49 bits per heavy atom. The van der Waals surface area contributed by atoms with Crippen molar-refractivity contribution in [2.75, 3.05) is 19.8 Å². The van der Waals surface area contributed by atoms with Crippen LogP contribution in [-0.2, 0) is 28.5 Å². The van der Waals surface area contributed by atoms with Crippen molar-refractivity contribution in [3.8, 4) is 0 Å².